The third-order valence-electron chi connectivity index (χ3n) is 6.36. The third kappa shape index (κ3) is 4.36. The number of aliphatic carboxylic acids is 1. The molecule has 0 fully saturated rings. The van der Waals surface area contributed by atoms with Gasteiger partial charge in [0.05, 0.1) is 0 Å². The molecule has 0 radical (unpaired) electrons. The normalized spacial score (nSPS) is 16.4. The van der Waals surface area contributed by atoms with Gasteiger partial charge in [-0.1, -0.05) is 36.4 Å². The molecule has 4 heteroatoms. The van der Waals surface area contributed by atoms with Gasteiger partial charge in [-0.2, -0.15) is 0 Å². The Hall–Kier alpha value is -2.62. The second kappa shape index (κ2) is 8.81. The van der Waals surface area contributed by atoms with E-state index >= 15 is 0 Å². The topological polar surface area (TPSA) is 63.6 Å². The summed E-state index contributed by atoms with van der Waals surface area (Å²) in [5.74, 6) is -2.92. The van der Waals surface area contributed by atoms with Crippen LogP contribution in [0.1, 0.15) is 59.1 Å². The molecule has 152 valence electrons. The molecule has 0 spiro atoms. The Morgan fingerprint density at radius 1 is 0.828 bits per heavy atom. The van der Waals surface area contributed by atoms with Crippen molar-refractivity contribution in [2.24, 2.45) is 5.92 Å². The predicted molar refractivity (Wildman–Crippen MR) is 111 cm³/mol. The lowest BCUT2D eigenvalue weighted by atomic mass is 9.85. The number of esters is 1. The number of carbonyl (C=O) groups excluding carboxylic acids is 1. The standard InChI is InChI=1S/C25H28O4/c26-24(27)23(15-19-11-5-9-17-7-1-3-13-21(17)19)25(28)29-16-20-12-6-10-18-8-2-4-14-22(18)20/h5-6,9-12,23H,1-4,7-8,13-16H2,(H,26,27). The van der Waals surface area contributed by atoms with E-state index in [-0.39, 0.29) is 13.0 Å². The Bertz CT molecular complexity index is 915. The van der Waals surface area contributed by atoms with Gasteiger partial charge in [0.1, 0.15) is 6.61 Å². The highest BCUT2D eigenvalue weighted by Gasteiger charge is 2.30. The van der Waals surface area contributed by atoms with Crippen molar-refractivity contribution in [3.8, 4) is 0 Å². The zero-order valence-electron chi connectivity index (χ0n) is 16.8. The van der Waals surface area contributed by atoms with E-state index < -0.39 is 17.9 Å². The number of ether oxygens (including phenoxy) is 1. The van der Waals surface area contributed by atoms with E-state index in [2.05, 4.69) is 12.1 Å². The summed E-state index contributed by atoms with van der Waals surface area (Å²) in [5.41, 5.74) is 7.11. The molecule has 0 amide bonds. The van der Waals surface area contributed by atoms with Crippen molar-refractivity contribution in [1.29, 1.82) is 0 Å². The summed E-state index contributed by atoms with van der Waals surface area (Å²) < 4.78 is 5.51. The van der Waals surface area contributed by atoms with Crippen LogP contribution in [0, 0.1) is 5.92 Å². The summed E-state index contributed by atoms with van der Waals surface area (Å²) in [6.07, 6.45) is 8.88. The number of carboxylic acids is 1. The van der Waals surface area contributed by atoms with Crippen LogP contribution in [0.4, 0.5) is 0 Å². The predicted octanol–water partition coefficient (Wildman–Crippen LogP) is 4.43. The maximum atomic E-state index is 12.7. The average molecular weight is 392 g/mol. The molecule has 1 unspecified atom stereocenters. The van der Waals surface area contributed by atoms with E-state index in [1.807, 2.05) is 24.3 Å². The molecule has 29 heavy (non-hydrogen) atoms. The van der Waals surface area contributed by atoms with E-state index in [9.17, 15) is 14.7 Å². The fraction of sp³-hybridized carbons (Fsp3) is 0.440. The summed E-state index contributed by atoms with van der Waals surface area (Å²) in [4.78, 5) is 24.6. The number of carbonyl (C=O) groups is 2. The lowest BCUT2D eigenvalue weighted by molar-refractivity contribution is -0.159. The van der Waals surface area contributed by atoms with Crippen molar-refractivity contribution in [3.05, 3.63) is 69.8 Å². The van der Waals surface area contributed by atoms with Gasteiger partial charge in [0.15, 0.2) is 5.92 Å². The van der Waals surface area contributed by atoms with Gasteiger partial charge >= 0.3 is 11.9 Å². The third-order valence-corrected chi connectivity index (χ3v) is 6.36. The molecule has 4 nitrogen and oxygen atoms in total. The first-order valence-electron chi connectivity index (χ1n) is 10.7. The molecule has 2 aromatic rings. The second-order valence-electron chi connectivity index (χ2n) is 8.23. The molecule has 1 N–H and O–H groups in total. The molecule has 0 bridgehead atoms. The van der Waals surface area contributed by atoms with Crippen molar-refractivity contribution < 1.29 is 19.4 Å². The maximum absolute atomic E-state index is 12.7. The summed E-state index contributed by atoms with van der Waals surface area (Å²) in [6.45, 7) is 0.151. The summed E-state index contributed by atoms with van der Waals surface area (Å²) in [7, 11) is 0. The van der Waals surface area contributed by atoms with Crippen LogP contribution >= 0.6 is 0 Å². The summed E-state index contributed by atoms with van der Waals surface area (Å²) >= 11 is 0. The first-order chi connectivity index (χ1) is 14.1. The number of hydrogen-bond donors (Lipinski definition) is 1. The van der Waals surface area contributed by atoms with Crippen molar-refractivity contribution in [3.63, 3.8) is 0 Å². The van der Waals surface area contributed by atoms with E-state index in [1.54, 1.807) is 0 Å². The monoisotopic (exact) mass is 392 g/mol. The highest BCUT2D eigenvalue weighted by molar-refractivity contribution is 5.94. The van der Waals surface area contributed by atoms with Gasteiger partial charge in [-0.15, -0.1) is 0 Å². The van der Waals surface area contributed by atoms with Gasteiger partial charge in [0.25, 0.3) is 0 Å². The molecule has 2 aliphatic rings. The molecule has 2 aliphatic carbocycles. The molecule has 2 aromatic carbocycles. The van der Waals surface area contributed by atoms with Crippen molar-refractivity contribution in [1.82, 2.24) is 0 Å². The van der Waals surface area contributed by atoms with E-state index in [0.717, 1.165) is 49.7 Å². The zero-order chi connectivity index (χ0) is 20.2. The first-order valence-corrected chi connectivity index (χ1v) is 10.7. The Morgan fingerprint density at radius 2 is 1.38 bits per heavy atom. The Labute approximate surface area is 171 Å². The molecule has 4 rings (SSSR count). The van der Waals surface area contributed by atoms with Crippen LogP contribution in [0.5, 0.6) is 0 Å². The molecule has 0 aromatic heterocycles. The van der Waals surface area contributed by atoms with Crippen molar-refractivity contribution in [2.75, 3.05) is 0 Å². The van der Waals surface area contributed by atoms with Gasteiger partial charge in [0.2, 0.25) is 0 Å². The molecular formula is C25H28O4. The van der Waals surface area contributed by atoms with Gasteiger partial charge in [0, 0.05) is 0 Å². The molecule has 1 atom stereocenters. The molecule has 0 saturated heterocycles. The lowest BCUT2D eigenvalue weighted by Gasteiger charge is -2.21. The minimum absolute atomic E-state index is 0.151. The average Bonchev–Trinajstić information content (AvgIpc) is 2.75. The van der Waals surface area contributed by atoms with Crippen molar-refractivity contribution in [2.45, 2.75) is 64.4 Å². The highest BCUT2D eigenvalue weighted by atomic mass is 16.5. The van der Waals surface area contributed by atoms with E-state index in [0.29, 0.717) is 0 Å². The fourth-order valence-electron chi connectivity index (χ4n) is 4.79. The van der Waals surface area contributed by atoms with E-state index in [1.165, 1.54) is 35.1 Å². The number of aryl methyl sites for hydroxylation is 2. The molecule has 0 heterocycles. The van der Waals surface area contributed by atoms with Crippen LogP contribution in [-0.4, -0.2) is 17.0 Å². The number of fused-ring (bicyclic) bond motifs is 2. The minimum Gasteiger partial charge on any atom is -0.481 e. The number of hydrogen-bond acceptors (Lipinski definition) is 3. The zero-order valence-corrected chi connectivity index (χ0v) is 16.8. The smallest absolute Gasteiger partial charge is 0.320 e. The Morgan fingerprint density at radius 3 is 2.00 bits per heavy atom. The largest absolute Gasteiger partial charge is 0.481 e. The summed E-state index contributed by atoms with van der Waals surface area (Å²) in [5, 5.41) is 9.70. The van der Waals surface area contributed by atoms with Crippen LogP contribution < -0.4 is 0 Å². The van der Waals surface area contributed by atoms with E-state index in [4.69, 9.17) is 4.74 Å². The first kappa shape index (κ1) is 19.7. The van der Waals surface area contributed by atoms with Gasteiger partial charge in [-0.05, 0) is 91.2 Å². The molecule has 0 saturated carbocycles. The van der Waals surface area contributed by atoms with Crippen LogP contribution in [0.3, 0.4) is 0 Å². The summed E-state index contributed by atoms with van der Waals surface area (Å²) in [6, 6.07) is 12.2. The maximum Gasteiger partial charge on any atom is 0.320 e. The lowest BCUT2D eigenvalue weighted by Crippen LogP contribution is -2.28. The number of carboxylic acid groups (broad SMARTS) is 1. The second-order valence-corrected chi connectivity index (χ2v) is 8.23. The highest BCUT2D eigenvalue weighted by Crippen LogP contribution is 2.28. The van der Waals surface area contributed by atoms with Crippen LogP contribution in [0.2, 0.25) is 0 Å². The fourth-order valence-corrected chi connectivity index (χ4v) is 4.79. The van der Waals surface area contributed by atoms with Crippen LogP contribution in [-0.2, 0) is 53.0 Å². The van der Waals surface area contributed by atoms with Crippen LogP contribution in [0.15, 0.2) is 36.4 Å². The minimum atomic E-state index is -1.16. The van der Waals surface area contributed by atoms with Gasteiger partial charge in [-0.25, -0.2) is 0 Å². The number of benzene rings is 2. The van der Waals surface area contributed by atoms with Crippen molar-refractivity contribution >= 4 is 11.9 Å². The SMILES string of the molecule is O=C(O)C(Cc1cccc2c1CCCC2)C(=O)OCc1cccc2c1CCCC2. The quantitative estimate of drug-likeness (QED) is 0.583. The Kier molecular flexibility index (Phi) is 5.98. The van der Waals surface area contributed by atoms with Gasteiger partial charge < -0.3 is 9.84 Å². The Balaban J connectivity index is 1.47. The van der Waals surface area contributed by atoms with Gasteiger partial charge in [-0.3, -0.25) is 9.59 Å². The molecule has 0 aliphatic heterocycles. The van der Waals surface area contributed by atoms with Crippen LogP contribution in [0.25, 0.3) is 0 Å². The molecular weight excluding hydrogens is 364 g/mol. The number of rotatable bonds is 6.